The number of benzene rings is 1. The fourth-order valence-electron chi connectivity index (χ4n) is 1.72. The molecule has 4 N–H and O–H groups in total. The molecule has 15 heavy (non-hydrogen) atoms. The second kappa shape index (κ2) is 4.12. The van der Waals surface area contributed by atoms with Gasteiger partial charge in [0.1, 0.15) is 5.75 Å². The lowest BCUT2D eigenvalue weighted by molar-refractivity contribution is 0.121. The van der Waals surface area contributed by atoms with Gasteiger partial charge in [-0.05, 0) is 40.8 Å². The van der Waals surface area contributed by atoms with Gasteiger partial charge in [0.05, 0.1) is 16.6 Å². The molecule has 2 rings (SSSR count). The van der Waals surface area contributed by atoms with Gasteiger partial charge < -0.3 is 15.9 Å². The molecule has 1 aromatic carbocycles. The normalized spacial score (nSPS) is 19.9. The molecule has 1 saturated carbocycles. The van der Waals surface area contributed by atoms with Gasteiger partial charge >= 0.3 is 0 Å². The van der Waals surface area contributed by atoms with Crippen molar-refractivity contribution in [1.29, 1.82) is 0 Å². The van der Waals surface area contributed by atoms with Crippen LogP contribution in [0.3, 0.4) is 0 Å². The van der Waals surface area contributed by atoms with Crippen LogP contribution in [0, 0.1) is 5.92 Å². The van der Waals surface area contributed by atoms with E-state index in [-0.39, 0.29) is 5.75 Å². The van der Waals surface area contributed by atoms with Crippen LogP contribution in [0.15, 0.2) is 22.7 Å². The maximum atomic E-state index is 9.87. The van der Waals surface area contributed by atoms with E-state index in [2.05, 4.69) is 15.9 Å². The second-order valence-corrected chi connectivity index (χ2v) is 4.89. The largest absolute Gasteiger partial charge is 0.506 e. The van der Waals surface area contributed by atoms with Crippen LogP contribution in [-0.4, -0.2) is 16.3 Å². The predicted octanol–water partition coefficient (Wildman–Crippen LogP) is 1.93. The van der Waals surface area contributed by atoms with E-state index in [9.17, 15) is 10.2 Å². The molecule has 0 saturated heterocycles. The van der Waals surface area contributed by atoms with E-state index in [4.69, 9.17) is 5.73 Å². The molecule has 0 aliphatic heterocycles. The molecule has 0 bridgehead atoms. The molecular weight excluding hydrogens is 258 g/mol. The van der Waals surface area contributed by atoms with Crippen molar-refractivity contribution in [1.82, 2.24) is 0 Å². The predicted molar refractivity (Wildman–Crippen MR) is 61.5 cm³/mol. The van der Waals surface area contributed by atoms with Crippen LogP contribution in [0.25, 0.3) is 0 Å². The summed E-state index contributed by atoms with van der Waals surface area (Å²) < 4.78 is 0.610. The van der Waals surface area contributed by atoms with Crippen LogP contribution in [0.2, 0.25) is 0 Å². The lowest BCUT2D eigenvalue weighted by atomic mass is 9.98. The highest BCUT2D eigenvalue weighted by molar-refractivity contribution is 9.10. The number of aliphatic hydroxyl groups is 1. The molecule has 0 unspecified atom stereocenters. The summed E-state index contributed by atoms with van der Waals surface area (Å²) in [6.07, 6.45) is 1.51. The van der Waals surface area contributed by atoms with Crippen LogP contribution in [0.1, 0.15) is 24.4 Å². The van der Waals surface area contributed by atoms with E-state index < -0.39 is 12.1 Å². The monoisotopic (exact) mass is 271 g/mol. The zero-order chi connectivity index (χ0) is 11.0. The van der Waals surface area contributed by atoms with Crippen molar-refractivity contribution in [3.8, 4) is 5.75 Å². The minimum atomic E-state index is -0.551. The molecule has 4 heteroatoms. The fraction of sp³-hybridized carbons (Fsp3) is 0.455. The summed E-state index contributed by atoms with van der Waals surface area (Å²) in [5.41, 5.74) is 6.52. The third kappa shape index (κ3) is 2.17. The first kappa shape index (κ1) is 10.9. The minimum Gasteiger partial charge on any atom is -0.506 e. The molecule has 0 heterocycles. The number of hydrogen-bond donors (Lipinski definition) is 3. The Morgan fingerprint density at radius 2 is 2.07 bits per heavy atom. The Morgan fingerprint density at radius 3 is 2.67 bits per heavy atom. The van der Waals surface area contributed by atoms with E-state index >= 15 is 0 Å². The van der Waals surface area contributed by atoms with Crippen LogP contribution in [-0.2, 0) is 0 Å². The number of phenols is 1. The Morgan fingerprint density at radius 1 is 1.40 bits per heavy atom. The molecular formula is C11H14BrNO2. The Bertz CT molecular complexity index is 366. The summed E-state index contributed by atoms with van der Waals surface area (Å²) in [5.74, 6) is 0.433. The number of halogens is 1. The van der Waals surface area contributed by atoms with Crippen molar-refractivity contribution < 1.29 is 10.2 Å². The highest BCUT2D eigenvalue weighted by Gasteiger charge is 2.35. The summed E-state index contributed by atoms with van der Waals surface area (Å²) in [6.45, 7) is 0. The summed E-state index contributed by atoms with van der Waals surface area (Å²) >= 11 is 3.23. The quantitative estimate of drug-likeness (QED) is 0.787. The van der Waals surface area contributed by atoms with Crippen molar-refractivity contribution in [3.05, 3.63) is 28.2 Å². The molecule has 1 fully saturated rings. The van der Waals surface area contributed by atoms with Crippen molar-refractivity contribution in [3.63, 3.8) is 0 Å². The summed E-state index contributed by atoms with van der Waals surface area (Å²) in [6, 6.07) is 4.79. The maximum Gasteiger partial charge on any atom is 0.134 e. The van der Waals surface area contributed by atoms with Crippen molar-refractivity contribution >= 4 is 15.9 Å². The van der Waals surface area contributed by atoms with Crippen LogP contribution in [0.4, 0.5) is 0 Å². The molecule has 1 aromatic rings. The highest BCUT2D eigenvalue weighted by Crippen LogP contribution is 2.40. The number of aliphatic hydroxyl groups excluding tert-OH is 1. The average molecular weight is 272 g/mol. The molecule has 0 radical (unpaired) electrons. The number of aromatic hydroxyl groups is 1. The van der Waals surface area contributed by atoms with Crippen LogP contribution >= 0.6 is 15.9 Å². The lowest BCUT2D eigenvalue weighted by Gasteiger charge is -2.20. The van der Waals surface area contributed by atoms with E-state index in [0.29, 0.717) is 16.0 Å². The molecule has 0 spiro atoms. The third-order valence-corrected chi connectivity index (χ3v) is 3.49. The summed E-state index contributed by atoms with van der Waals surface area (Å²) in [5, 5.41) is 19.7. The fourth-order valence-corrected chi connectivity index (χ4v) is 2.10. The smallest absolute Gasteiger partial charge is 0.134 e. The molecule has 0 amide bonds. The second-order valence-electron chi connectivity index (χ2n) is 4.03. The zero-order valence-electron chi connectivity index (χ0n) is 8.23. The number of phenolic OH excluding ortho intramolecular Hbond substituents is 1. The first-order valence-corrected chi connectivity index (χ1v) is 5.81. The first-order valence-electron chi connectivity index (χ1n) is 5.02. The minimum absolute atomic E-state index is 0.129. The summed E-state index contributed by atoms with van der Waals surface area (Å²) in [7, 11) is 0. The highest BCUT2D eigenvalue weighted by atomic mass is 79.9. The van der Waals surface area contributed by atoms with E-state index in [0.717, 1.165) is 12.8 Å². The number of rotatable bonds is 3. The van der Waals surface area contributed by atoms with Gasteiger partial charge in [-0.3, -0.25) is 0 Å². The van der Waals surface area contributed by atoms with Gasteiger partial charge in [0, 0.05) is 5.56 Å². The van der Waals surface area contributed by atoms with Crippen molar-refractivity contribution in [2.75, 3.05) is 0 Å². The van der Waals surface area contributed by atoms with Gasteiger partial charge in [0.2, 0.25) is 0 Å². The molecule has 0 aromatic heterocycles. The van der Waals surface area contributed by atoms with Crippen molar-refractivity contribution in [2.24, 2.45) is 11.7 Å². The lowest BCUT2D eigenvalue weighted by Crippen LogP contribution is -2.27. The summed E-state index contributed by atoms with van der Waals surface area (Å²) in [4.78, 5) is 0. The van der Waals surface area contributed by atoms with Gasteiger partial charge in [-0.2, -0.15) is 0 Å². The van der Waals surface area contributed by atoms with Gasteiger partial charge in [-0.25, -0.2) is 0 Å². The van der Waals surface area contributed by atoms with Crippen LogP contribution < -0.4 is 5.73 Å². The van der Waals surface area contributed by atoms with Gasteiger partial charge in [-0.15, -0.1) is 0 Å². The topological polar surface area (TPSA) is 66.5 Å². The molecule has 1 aliphatic carbocycles. The first-order chi connectivity index (χ1) is 7.11. The Labute approximate surface area is 97.0 Å². The van der Waals surface area contributed by atoms with E-state index in [1.807, 2.05) is 0 Å². The van der Waals surface area contributed by atoms with Crippen LogP contribution in [0.5, 0.6) is 5.75 Å². The Hall–Kier alpha value is -0.580. The van der Waals surface area contributed by atoms with Gasteiger partial charge in [-0.1, -0.05) is 12.1 Å². The van der Waals surface area contributed by atoms with E-state index in [1.165, 1.54) is 0 Å². The Balaban J connectivity index is 2.24. The third-order valence-electron chi connectivity index (χ3n) is 2.85. The number of nitrogens with two attached hydrogens (primary N) is 1. The molecule has 1 aliphatic rings. The van der Waals surface area contributed by atoms with Gasteiger partial charge in [0.25, 0.3) is 0 Å². The SMILES string of the molecule is N[C@@H](c1cccc(Br)c1O)[C@H](O)C1CC1. The molecule has 3 nitrogen and oxygen atoms in total. The number of para-hydroxylation sites is 1. The van der Waals surface area contributed by atoms with Crippen molar-refractivity contribution in [2.45, 2.75) is 25.0 Å². The number of hydrogen-bond acceptors (Lipinski definition) is 3. The van der Waals surface area contributed by atoms with E-state index in [1.54, 1.807) is 18.2 Å². The standard InChI is InChI=1S/C11H14BrNO2/c12-8-3-1-2-7(11(8)15)9(13)10(14)6-4-5-6/h1-3,6,9-10,14-15H,4-5,13H2/t9-,10+/m0/s1. The molecule has 2 atom stereocenters. The van der Waals surface area contributed by atoms with Gasteiger partial charge in [0.15, 0.2) is 0 Å². The molecule has 82 valence electrons. The maximum absolute atomic E-state index is 9.87. The Kier molecular flexibility index (Phi) is 3.00. The zero-order valence-corrected chi connectivity index (χ0v) is 9.81. The average Bonchev–Trinajstić information content (AvgIpc) is 3.03.